The van der Waals surface area contributed by atoms with Crippen LogP contribution in [-0.4, -0.2) is 11.9 Å². The van der Waals surface area contributed by atoms with E-state index in [1.807, 2.05) is 30.3 Å². The lowest BCUT2D eigenvalue weighted by molar-refractivity contribution is -0.116. The van der Waals surface area contributed by atoms with Crippen LogP contribution in [0.2, 0.25) is 5.02 Å². The van der Waals surface area contributed by atoms with Crippen molar-refractivity contribution in [3.63, 3.8) is 0 Å². The minimum Gasteiger partial charge on any atom is -0.457 e. The van der Waals surface area contributed by atoms with Crippen molar-refractivity contribution in [1.82, 2.24) is 5.32 Å². The van der Waals surface area contributed by atoms with Gasteiger partial charge in [-0.2, -0.15) is 0 Å². The van der Waals surface area contributed by atoms with Gasteiger partial charge in [-0.1, -0.05) is 41.9 Å². The van der Waals surface area contributed by atoms with Crippen LogP contribution in [0.25, 0.3) is 0 Å². The van der Waals surface area contributed by atoms with Crippen molar-refractivity contribution in [2.75, 3.05) is 5.32 Å². The molecule has 0 fully saturated rings. The third kappa shape index (κ3) is 6.26. The molecule has 3 rings (SSSR count). The summed E-state index contributed by atoms with van der Waals surface area (Å²) in [5.74, 6) is 0.994. The highest BCUT2D eigenvalue weighted by Gasteiger charge is 2.18. The third-order valence-electron chi connectivity index (χ3n) is 4.07. The number of rotatable bonds is 7. The predicted molar refractivity (Wildman–Crippen MR) is 113 cm³/mol. The zero-order valence-corrected chi connectivity index (χ0v) is 16.2. The van der Waals surface area contributed by atoms with E-state index in [0.29, 0.717) is 27.8 Å². The first-order valence-corrected chi connectivity index (χ1v) is 9.31. The van der Waals surface area contributed by atoms with Gasteiger partial charge in [0, 0.05) is 10.7 Å². The average Bonchev–Trinajstić information content (AvgIpc) is 2.70. The first-order chi connectivity index (χ1) is 14.0. The molecule has 6 nitrogen and oxygen atoms in total. The number of carbonyl (C=O) groups is 2. The van der Waals surface area contributed by atoms with Gasteiger partial charge in [0.25, 0.3) is 0 Å². The number of hydrogen-bond acceptors (Lipinski definition) is 3. The number of amides is 3. The van der Waals surface area contributed by atoms with E-state index in [1.165, 1.54) is 0 Å². The van der Waals surface area contributed by atoms with Gasteiger partial charge in [-0.25, -0.2) is 4.79 Å². The van der Waals surface area contributed by atoms with Crippen molar-refractivity contribution in [2.24, 2.45) is 5.73 Å². The summed E-state index contributed by atoms with van der Waals surface area (Å²) in [6.45, 7) is 0. The van der Waals surface area contributed by atoms with Crippen LogP contribution in [-0.2, 0) is 4.79 Å². The fourth-order valence-corrected chi connectivity index (χ4v) is 2.90. The summed E-state index contributed by atoms with van der Waals surface area (Å²) in [5, 5.41) is 5.97. The molecule has 0 saturated carbocycles. The van der Waals surface area contributed by atoms with E-state index in [0.717, 1.165) is 0 Å². The Labute approximate surface area is 173 Å². The van der Waals surface area contributed by atoms with E-state index in [1.54, 1.807) is 48.5 Å². The molecule has 1 atom stereocenters. The van der Waals surface area contributed by atoms with Crippen LogP contribution < -0.4 is 21.1 Å². The van der Waals surface area contributed by atoms with Gasteiger partial charge in [0.05, 0.1) is 12.5 Å². The van der Waals surface area contributed by atoms with E-state index < -0.39 is 12.1 Å². The smallest absolute Gasteiger partial charge is 0.312 e. The molecular formula is C22H20ClN3O3. The predicted octanol–water partition coefficient (Wildman–Crippen LogP) is 4.87. The molecule has 4 N–H and O–H groups in total. The number of hydrogen-bond donors (Lipinski definition) is 3. The lowest BCUT2D eigenvalue weighted by Crippen LogP contribution is -2.35. The van der Waals surface area contributed by atoms with Gasteiger partial charge in [0.2, 0.25) is 5.91 Å². The maximum Gasteiger partial charge on any atom is 0.312 e. The Balaban J connectivity index is 1.73. The lowest BCUT2D eigenvalue weighted by Gasteiger charge is -2.19. The second-order valence-electron chi connectivity index (χ2n) is 6.31. The quantitative estimate of drug-likeness (QED) is 0.519. The zero-order chi connectivity index (χ0) is 20.6. The first kappa shape index (κ1) is 20.2. The van der Waals surface area contributed by atoms with Gasteiger partial charge in [0.15, 0.2) is 0 Å². The number of carbonyl (C=O) groups excluding carboxylic acids is 2. The van der Waals surface area contributed by atoms with Crippen LogP contribution >= 0.6 is 11.6 Å². The molecular weight excluding hydrogens is 390 g/mol. The minimum absolute atomic E-state index is 0.000354. The van der Waals surface area contributed by atoms with Gasteiger partial charge in [0.1, 0.15) is 11.5 Å². The molecule has 0 radical (unpaired) electrons. The van der Waals surface area contributed by atoms with Gasteiger partial charge in [-0.05, 0) is 54.1 Å². The highest BCUT2D eigenvalue weighted by Crippen LogP contribution is 2.26. The molecule has 0 aliphatic heterocycles. The molecule has 3 aromatic rings. The number of halogens is 1. The molecule has 3 aromatic carbocycles. The van der Waals surface area contributed by atoms with Gasteiger partial charge < -0.3 is 21.1 Å². The normalized spacial score (nSPS) is 11.3. The van der Waals surface area contributed by atoms with Crippen LogP contribution in [0.15, 0.2) is 78.9 Å². The topological polar surface area (TPSA) is 93.5 Å². The van der Waals surface area contributed by atoms with Gasteiger partial charge in [-0.15, -0.1) is 0 Å². The number of nitrogens with two attached hydrogens (primary N) is 1. The van der Waals surface area contributed by atoms with E-state index in [9.17, 15) is 9.59 Å². The van der Waals surface area contributed by atoms with E-state index >= 15 is 0 Å². The van der Waals surface area contributed by atoms with E-state index in [-0.39, 0.29) is 12.3 Å². The molecule has 0 spiro atoms. The molecule has 0 aliphatic carbocycles. The molecule has 7 heteroatoms. The van der Waals surface area contributed by atoms with Crippen molar-refractivity contribution < 1.29 is 14.3 Å². The molecule has 0 saturated heterocycles. The van der Waals surface area contributed by atoms with Crippen molar-refractivity contribution in [1.29, 1.82) is 0 Å². The summed E-state index contributed by atoms with van der Waals surface area (Å²) in [4.78, 5) is 23.9. The number of urea groups is 1. The maximum absolute atomic E-state index is 12.5. The minimum atomic E-state index is -0.719. The summed E-state index contributed by atoms with van der Waals surface area (Å²) in [6, 6.07) is 21.9. The van der Waals surface area contributed by atoms with Gasteiger partial charge >= 0.3 is 6.03 Å². The highest BCUT2D eigenvalue weighted by molar-refractivity contribution is 6.30. The molecule has 0 heterocycles. The largest absolute Gasteiger partial charge is 0.457 e. The summed E-state index contributed by atoms with van der Waals surface area (Å²) in [5.41, 5.74) is 6.62. The Morgan fingerprint density at radius 1 is 0.931 bits per heavy atom. The zero-order valence-electron chi connectivity index (χ0n) is 15.5. The Morgan fingerprint density at radius 2 is 1.62 bits per heavy atom. The summed E-state index contributed by atoms with van der Waals surface area (Å²) in [6.07, 6.45) is 0.000354. The second kappa shape index (κ2) is 9.61. The van der Waals surface area contributed by atoms with Gasteiger partial charge in [-0.3, -0.25) is 4.79 Å². The number of nitrogens with one attached hydrogen (secondary N) is 2. The van der Waals surface area contributed by atoms with E-state index in [4.69, 9.17) is 22.1 Å². The summed E-state index contributed by atoms with van der Waals surface area (Å²) < 4.78 is 5.83. The molecule has 29 heavy (non-hydrogen) atoms. The highest BCUT2D eigenvalue weighted by atomic mass is 35.5. The van der Waals surface area contributed by atoms with Crippen molar-refractivity contribution in [3.8, 4) is 11.5 Å². The Hall–Kier alpha value is -3.51. The number of benzene rings is 3. The lowest BCUT2D eigenvalue weighted by atomic mass is 10.0. The molecule has 3 amide bonds. The van der Waals surface area contributed by atoms with Crippen LogP contribution in [0.4, 0.5) is 10.5 Å². The molecule has 0 bridgehead atoms. The number of anilines is 1. The van der Waals surface area contributed by atoms with Crippen molar-refractivity contribution >= 4 is 29.2 Å². The number of ether oxygens (including phenoxy) is 1. The Morgan fingerprint density at radius 3 is 2.31 bits per heavy atom. The molecule has 1 unspecified atom stereocenters. The fraction of sp³-hybridized carbons (Fsp3) is 0.0909. The fourth-order valence-electron chi connectivity index (χ4n) is 2.77. The second-order valence-corrected chi connectivity index (χ2v) is 6.74. The van der Waals surface area contributed by atoms with Crippen LogP contribution in [0.1, 0.15) is 18.0 Å². The molecule has 0 aliphatic rings. The van der Waals surface area contributed by atoms with Crippen LogP contribution in [0.5, 0.6) is 11.5 Å². The summed E-state index contributed by atoms with van der Waals surface area (Å²) >= 11 is 5.86. The maximum atomic E-state index is 12.5. The monoisotopic (exact) mass is 409 g/mol. The first-order valence-electron chi connectivity index (χ1n) is 8.94. The Bertz CT molecular complexity index is 978. The SMILES string of the molecule is NC(=O)NC(CC(=O)Nc1ccc(Cl)cc1)c1cccc(Oc2ccccc2)c1. The number of para-hydroxylation sites is 1. The van der Waals surface area contributed by atoms with Crippen LogP contribution in [0.3, 0.4) is 0 Å². The molecule has 0 aromatic heterocycles. The molecule has 148 valence electrons. The number of primary amides is 1. The van der Waals surface area contributed by atoms with Crippen molar-refractivity contribution in [2.45, 2.75) is 12.5 Å². The van der Waals surface area contributed by atoms with Crippen LogP contribution in [0, 0.1) is 0 Å². The van der Waals surface area contributed by atoms with Crippen molar-refractivity contribution in [3.05, 3.63) is 89.4 Å². The van der Waals surface area contributed by atoms with E-state index in [2.05, 4.69) is 10.6 Å². The summed E-state index contributed by atoms with van der Waals surface area (Å²) in [7, 11) is 0. The third-order valence-corrected chi connectivity index (χ3v) is 4.33. The average molecular weight is 410 g/mol. The Kier molecular flexibility index (Phi) is 6.71. The standard InChI is InChI=1S/C22H20ClN3O3/c23-16-9-11-17(12-10-16)25-21(27)14-20(26-22(24)28)15-5-4-8-19(13-15)29-18-6-2-1-3-7-18/h1-13,20H,14H2,(H,25,27)(H3,24,26,28).